The standard InChI is InChI=1S/C32H34N2O2/c35-31-25(15-9-17-27(31)23-11-3-1-4-12-23)21-33-29-19-7-8-20-30(29)34-22-26-16-10-18-28(32(26)36)24-13-5-2-6-14-24/h1-6,9-18,29-30,33-36H,7-8,19-22H2/t29-,30?/m1/s1. The molecule has 4 aromatic carbocycles. The zero-order valence-corrected chi connectivity index (χ0v) is 20.5. The quantitative estimate of drug-likeness (QED) is 0.230. The fourth-order valence-electron chi connectivity index (χ4n) is 5.27. The van der Waals surface area contributed by atoms with Crippen LogP contribution in [-0.2, 0) is 13.1 Å². The largest absolute Gasteiger partial charge is 0.507 e. The Morgan fingerprint density at radius 2 is 0.944 bits per heavy atom. The molecule has 184 valence electrons. The molecule has 5 rings (SSSR count). The van der Waals surface area contributed by atoms with Crippen molar-refractivity contribution in [1.29, 1.82) is 0 Å². The van der Waals surface area contributed by atoms with Gasteiger partial charge >= 0.3 is 0 Å². The number of benzene rings is 4. The molecule has 4 N–H and O–H groups in total. The molecule has 4 heteroatoms. The minimum absolute atomic E-state index is 0.304. The van der Waals surface area contributed by atoms with Gasteiger partial charge in [-0.1, -0.05) is 110 Å². The van der Waals surface area contributed by atoms with Gasteiger partial charge in [0.2, 0.25) is 0 Å². The summed E-state index contributed by atoms with van der Waals surface area (Å²) in [5.41, 5.74) is 5.59. The Morgan fingerprint density at radius 1 is 0.528 bits per heavy atom. The van der Waals surface area contributed by atoms with Gasteiger partial charge in [-0.15, -0.1) is 0 Å². The van der Waals surface area contributed by atoms with Crippen LogP contribution in [0.5, 0.6) is 11.5 Å². The first-order valence-electron chi connectivity index (χ1n) is 12.9. The highest BCUT2D eigenvalue weighted by molar-refractivity contribution is 5.72. The lowest BCUT2D eigenvalue weighted by molar-refractivity contribution is 0.279. The first-order chi connectivity index (χ1) is 17.7. The molecule has 1 fully saturated rings. The molecule has 4 aromatic rings. The van der Waals surface area contributed by atoms with Gasteiger partial charge in [0.25, 0.3) is 0 Å². The van der Waals surface area contributed by atoms with Crippen molar-refractivity contribution < 1.29 is 10.2 Å². The van der Waals surface area contributed by atoms with E-state index in [1.165, 1.54) is 12.8 Å². The summed E-state index contributed by atoms with van der Waals surface area (Å²) >= 11 is 0. The zero-order chi connectivity index (χ0) is 24.7. The van der Waals surface area contributed by atoms with E-state index in [1.54, 1.807) is 0 Å². The summed E-state index contributed by atoms with van der Waals surface area (Å²) in [6.07, 6.45) is 4.57. The first kappa shape index (κ1) is 24.1. The van der Waals surface area contributed by atoms with Crippen LogP contribution in [-0.4, -0.2) is 22.3 Å². The van der Waals surface area contributed by atoms with Crippen molar-refractivity contribution in [2.75, 3.05) is 0 Å². The summed E-state index contributed by atoms with van der Waals surface area (Å²) in [4.78, 5) is 0. The molecular weight excluding hydrogens is 444 g/mol. The molecule has 0 heterocycles. The summed E-state index contributed by atoms with van der Waals surface area (Å²) < 4.78 is 0. The molecular formula is C32H34N2O2. The Labute approximate surface area is 213 Å². The second-order valence-corrected chi connectivity index (χ2v) is 9.62. The van der Waals surface area contributed by atoms with Crippen LogP contribution < -0.4 is 10.6 Å². The van der Waals surface area contributed by atoms with Crippen LogP contribution in [0.25, 0.3) is 22.3 Å². The third-order valence-electron chi connectivity index (χ3n) is 7.28. The Bertz CT molecular complexity index is 1170. The molecule has 0 aliphatic heterocycles. The van der Waals surface area contributed by atoms with Crippen molar-refractivity contribution in [1.82, 2.24) is 10.6 Å². The molecule has 0 amide bonds. The molecule has 1 aliphatic carbocycles. The fourth-order valence-corrected chi connectivity index (χ4v) is 5.27. The zero-order valence-electron chi connectivity index (χ0n) is 20.5. The number of rotatable bonds is 8. The van der Waals surface area contributed by atoms with E-state index in [0.29, 0.717) is 36.7 Å². The molecule has 2 atom stereocenters. The van der Waals surface area contributed by atoms with E-state index in [9.17, 15) is 10.2 Å². The van der Waals surface area contributed by atoms with E-state index in [2.05, 4.69) is 10.6 Å². The van der Waals surface area contributed by atoms with E-state index in [4.69, 9.17) is 0 Å². The summed E-state index contributed by atoms with van der Waals surface area (Å²) in [5, 5.41) is 29.3. The van der Waals surface area contributed by atoms with Gasteiger partial charge in [-0.3, -0.25) is 0 Å². The van der Waals surface area contributed by atoms with E-state index in [-0.39, 0.29) is 0 Å². The number of aromatic hydroxyl groups is 2. The van der Waals surface area contributed by atoms with Crippen molar-refractivity contribution in [2.24, 2.45) is 0 Å². The topological polar surface area (TPSA) is 64.5 Å². The first-order valence-corrected chi connectivity index (χ1v) is 12.9. The predicted molar refractivity (Wildman–Crippen MR) is 147 cm³/mol. The molecule has 0 bridgehead atoms. The number of para-hydroxylation sites is 2. The SMILES string of the molecule is Oc1c(CNC2CCCC[C@H]2NCc2cccc(-c3ccccc3)c2O)cccc1-c1ccccc1. The van der Waals surface area contributed by atoms with Gasteiger partial charge in [0, 0.05) is 47.4 Å². The minimum atomic E-state index is 0.304. The van der Waals surface area contributed by atoms with Crippen LogP contribution in [0.2, 0.25) is 0 Å². The highest BCUT2D eigenvalue weighted by atomic mass is 16.3. The highest BCUT2D eigenvalue weighted by Gasteiger charge is 2.25. The number of hydrogen-bond acceptors (Lipinski definition) is 4. The molecule has 1 aliphatic rings. The summed E-state index contributed by atoms with van der Waals surface area (Å²) in [5.74, 6) is 0.693. The van der Waals surface area contributed by atoms with Crippen LogP contribution in [0.3, 0.4) is 0 Å². The van der Waals surface area contributed by atoms with Crippen LogP contribution in [0, 0.1) is 0 Å². The average Bonchev–Trinajstić information content (AvgIpc) is 2.93. The number of hydrogen-bond donors (Lipinski definition) is 4. The number of phenols is 2. The summed E-state index contributed by atoms with van der Waals surface area (Å²) in [6, 6.07) is 32.6. The maximum absolute atomic E-state index is 11.0. The molecule has 0 radical (unpaired) electrons. The Balaban J connectivity index is 1.25. The second-order valence-electron chi connectivity index (χ2n) is 9.62. The maximum atomic E-state index is 11.0. The van der Waals surface area contributed by atoms with E-state index < -0.39 is 0 Å². The van der Waals surface area contributed by atoms with Crippen molar-refractivity contribution >= 4 is 0 Å². The van der Waals surface area contributed by atoms with E-state index in [1.807, 2.05) is 97.1 Å². The molecule has 0 aromatic heterocycles. The third kappa shape index (κ3) is 5.46. The Hall–Kier alpha value is -3.60. The van der Waals surface area contributed by atoms with Crippen LogP contribution in [0.4, 0.5) is 0 Å². The third-order valence-corrected chi connectivity index (χ3v) is 7.28. The number of phenolic OH excluding ortho intramolecular Hbond substituents is 2. The maximum Gasteiger partial charge on any atom is 0.127 e. The molecule has 36 heavy (non-hydrogen) atoms. The lowest BCUT2D eigenvalue weighted by Crippen LogP contribution is -2.49. The van der Waals surface area contributed by atoms with Crippen molar-refractivity contribution in [3.05, 3.63) is 108 Å². The molecule has 0 spiro atoms. The minimum Gasteiger partial charge on any atom is -0.507 e. The lowest BCUT2D eigenvalue weighted by Gasteiger charge is -2.33. The van der Waals surface area contributed by atoms with Crippen LogP contribution in [0.1, 0.15) is 36.8 Å². The summed E-state index contributed by atoms with van der Waals surface area (Å²) in [7, 11) is 0. The van der Waals surface area contributed by atoms with E-state index in [0.717, 1.165) is 46.2 Å². The van der Waals surface area contributed by atoms with Gasteiger partial charge in [0.05, 0.1) is 0 Å². The molecule has 4 nitrogen and oxygen atoms in total. The molecule has 1 unspecified atom stereocenters. The van der Waals surface area contributed by atoms with E-state index >= 15 is 0 Å². The highest BCUT2D eigenvalue weighted by Crippen LogP contribution is 2.33. The van der Waals surface area contributed by atoms with Crippen molar-refractivity contribution in [3.63, 3.8) is 0 Å². The van der Waals surface area contributed by atoms with Gasteiger partial charge in [-0.25, -0.2) is 0 Å². The lowest BCUT2D eigenvalue weighted by atomic mass is 9.89. The van der Waals surface area contributed by atoms with Gasteiger partial charge < -0.3 is 20.8 Å². The fraction of sp³-hybridized carbons (Fsp3) is 0.250. The summed E-state index contributed by atoms with van der Waals surface area (Å²) in [6.45, 7) is 1.23. The number of nitrogens with one attached hydrogen (secondary N) is 2. The smallest absolute Gasteiger partial charge is 0.127 e. The van der Waals surface area contributed by atoms with Crippen molar-refractivity contribution in [2.45, 2.75) is 50.9 Å². The Kier molecular flexibility index (Phi) is 7.65. The predicted octanol–water partition coefficient (Wildman–Crippen LogP) is 6.62. The molecule has 1 saturated carbocycles. The average molecular weight is 479 g/mol. The second kappa shape index (κ2) is 11.4. The van der Waals surface area contributed by atoms with Crippen LogP contribution in [0.15, 0.2) is 97.1 Å². The van der Waals surface area contributed by atoms with Gasteiger partial charge in [-0.2, -0.15) is 0 Å². The van der Waals surface area contributed by atoms with Gasteiger partial charge in [-0.05, 0) is 24.0 Å². The monoisotopic (exact) mass is 478 g/mol. The van der Waals surface area contributed by atoms with Crippen LogP contribution >= 0.6 is 0 Å². The van der Waals surface area contributed by atoms with Gasteiger partial charge in [0.15, 0.2) is 0 Å². The van der Waals surface area contributed by atoms with Gasteiger partial charge in [0.1, 0.15) is 11.5 Å². The molecule has 0 saturated heterocycles. The normalized spacial score (nSPS) is 17.7. The Morgan fingerprint density at radius 3 is 1.36 bits per heavy atom. The van der Waals surface area contributed by atoms with Crippen molar-refractivity contribution in [3.8, 4) is 33.8 Å².